The van der Waals surface area contributed by atoms with Crippen LogP contribution in [0.15, 0.2) is 83.5 Å². The van der Waals surface area contributed by atoms with Crippen molar-refractivity contribution in [3.05, 3.63) is 100 Å². The molecule has 0 radical (unpaired) electrons. The van der Waals surface area contributed by atoms with E-state index in [1.165, 1.54) is 0 Å². The van der Waals surface area contributed by atoms with Crippen molar-refractivity contribution in [3.63, 3.8) is 0 Å². The number of ether oxygens (including phenoxy) is 1. The van der Waals surface area contributed by atoms with Gasteiger partial charge >= 0.3 is 5.97 Å². The molecule has 2 aromatic carbocycles. The van der Waals surface area contributed by atoms with Crippen LogP contribution in [-0.4, -0.2) is 45.6 Å². The molecule has 6 nitrogen and oxygen atoms in total. The summed E-state index contributed by atoms with van der Waals surface area (Å²) in [5.41, 5.74) is -0.672. The number of likely N-dealkylation sites (tertiary alicyclic amines) is 1. The first-order valence-electron chi connectivity index (χ1n) is 11.6. The standard InChI is InChI=1S/C28H29BrN2O4/c1-27(2,3)26(33)35-21-17-23(31(18-21)25(32)22-15-10-16-24(29)30-22)28(34,19-11-6-4-7-12-19)20-13-8-5-9-14-20/h4-16,21,23,34H,17-18H2,1-3H3/t21-,23+/m1/s1. The third-order valence-electron chi connectivity index (χ3n) is 6.25. The molecule has 2 heterocycles. The first-order chi connectivity index (χ1) is 16.6. The average Bonchev–Trinajstić information content (AvgIpc) is 3.27. The van der Waals surface area contributed by atoms with Crippen molar-refractivity contribution < 1.29 is 19.4 Å². The van der Waals surface area contributed by atoms with E-state index >= 15 is 0 Å². The Kier molecular flexibility index (Phi) is 7.10. The molecule has 0 bridgehead atoms. The minimum Gasteiger partial charge on any atom is -0.460 e. The van der Waals surface area contributed by atoms with Gasteiger partial charge in [0.1, 0.15) is 22.0 Å². The summed E-state index contributed by atoms with van der Waals surface area (Å²) in [5.74, 6) is -0.685. The molecule has 1 saturated heterocycles. The molecule has 1 aliphatic rings. The summed E-state index contributed by atoms with van der Waals surface area (Å²) in [4.78, 5) is 32.4. The zero-order valence-corrected chi connectivity index (χ0v) is 21.6. The van der Waals surface area contributed by atoms with Gasteiger partial charge in [-0.25, -0.2) is 4.98 Å². The Labute approximate surface area is 214 Å². The van der Waals surface area contributed by atoms with E-state index in [2.05, 4.69) is 20.9 Å². The van der Waals surface area contributed by atoms with Gasteiger partial charge in [-0.3, -0.25) is 9.59 Å². The monoisotopic (exact) mass is 536 g/mol. The van der Waals surface area contributed by atoms with E-state index in [-0.39, 0.29) is 30.5 Å². The van der Waals surface area contributed by atoms with E-state index in [9.17, 15) is 14.7 Å². The Balaban J connectivity index is 1.80. The van der Waals surface area contributed by atoms with Crippen molar-refractivity contribution in [2.24, 2.45) is 5.41 Å². The Bertz CT molecular complexity index is 1150. The molecule has 0 saturated carbocycles. The fraction of sp³-hybridized carbons (Fsp3) is 0.321. The normalized spacial score (nSPS) is 18.4. The number of benzene rings is 2. The second-order valence-electron chi connectivity index (χ2n) is 9.83. The minimum absolute atomic E-state index is 0.154. The number of amides is 1. The zero-order chi connectivity index (χ0) is 25.2. The topological polar surface area (TPSA) is 79.7 Å². The van der Waals surface area contributed by atoms with Gasteiger partial charge in [0.25, 0.3) is 5.91 Å². The Morgan fingerprint density at radius 2 is 1.51 bits per heavy atom. The van der Waals surface area contributed by atoms with Crippen LogP contribution in [0.25, 0.3) is 0 Å². The van der Waals surface area contributed by atoms with Crippen LogP contribution in [0, 0.1) is 5.41 Å². The number of pyridine rings is 1. The fourth-order valence-corrected chi connectivity index (χ4v) is 4.79. The molecule has 1 aliphatic heterocycles. The minimum atomic E-state index is -1.53. The predicted molar refractivity (Wildman–Crippen MR) is 137 cm³/mol. The van der Waals surface area contributed by atoms with Crippen molar-refractivity contribution in [2.45, 2.75) is 44.9 Å². The van der Waals surface area contributed by atoms with Gasteiger partial charge in [-0.15, -0.1) is 0 Å². The zero-order valence-electron chi connectivity index (χ0n) is 20.0. The lowest BCUT2D eigenvalue weighted by molar-refractivity contribution is -0.158. The number of halogens is 1. The Hall–Kier alpha value is -3.03. The van der Waals surface area contributed by atoms with Crippen molar-refractivity contribution in [1.82, 2.24) is 9.88 Å². The van der Waals surface area contributed by atoms with E-state index in [1.54, 1.807) is 43.9 Å². The number of hydrogen-bond donors (Lipinski definition) is 1. The largest absolute Gasteiger partial charge is 0.460 e. The molecule has 3 aromatic rings. The Morgan fingerprint density at radius 3 is 2.03 bits per heavy atom. The van der Waals surface area contributed by atoms with Crippen LogP contribution in [0.1, 0.15) is 48.8 Å². The van der Waals surface area contributed by atoms with E-state index < -0.39 is 23.2 Å². The highest BCUT2D eigenvalue weighted by molar-refractivity contribution is 9.10. The summed E-state index contributed by atoms with van der Waals surface area (Å²) in [6.07, 6.45) is -0.288. The van der Waals surface area contributed by atoms with Crippen molar-refractivity contribution in [2.75, 3.05) is 6.54 Å². The molecule has 1 amide bonds. The van der Waals surface area contributed by atoms with Gasteiger partial charge in [-0.2, -0.15) is 0 Å². The third kappa shape index (κ3) is 5.16. The lowest BCUT2D eigenvalue weighted by atomic mass is 9.78. The van der Waals surface area contributed by atoms with Gasteiger partial charge < -0.3 is 14.7 Å². The van der Waals surface area contributed by atoms with Crippen molar-refractivity contribution in [3.8, 4) is 0 Å². The number of esters is 1. The molecule has 182 valence electrons. The second-order valence-corrected chi connectivity index (χ2v) is 10.6. The molecule has 35 heavy (non-hydrogen) atoms. The molecule has 0 aliphatic carbocycles. The number of carbonyl (C=O) groups excluding carboxylic acids is 2. The number of nitrogens with zero attached hydrogens (tertiary/aromatic N) is 2. The van der Waals surface area contributed by atoms with Gasteiger partial charge in [0, 0.05) is 6.42 Å². The van der Waals surface area contributed by atoms with E-state index in [0.717, 1.165) is 0 Å². The predicted octanol–water partition coefficient (Wildman–Crippen LogP) is 4.95. The number of rotatable bonds is 5. The first-order valence-corrected chi connectivity index (χ1v) is 12.4. The molecule has 1 N–H and O–H groups in total. The second kappa shape index (κ2) is 9.91. The number of hydrogen-bond acceptors (Lipinski definition) is 5. The maximum Gasteiger partial charge on any atom is 0.311 e. The highest BCUT2D eigenvalue weighted by atomic mass is 79.9. The summed E-state index contributed by atoms with van der Waals surface area (Å²) >= 11 is 3.33. The lowest BCUT2D eigenvalue weighted by Gasteiger charge is -2.39. The quantitative estimate of drug-likeness (QED) is 0.368. The van der Waals surface area contributed by atoms with Gasteiger partial charge in [0.05, 0.1) is 18.0 Å². The molecule has 0 spiro atoms. The molecule has 1 fully saturated rings. The summed E-state index contributed by atoms with van der Waals surface area (Å²) in [5, 5.41) is 12.4. The van der Waals surface area contributed by atoms with Crippen molar-refractivity contribution in [1.29, 1.82) is 0 Å². The smallest absolute Gasteiger partial charge is 0.311 e. The van der Waals surface area contributed by atoms with Gasteiger partial charge in [-0.1, -0.05) is 66.7 Å². The maximum atomic E-state index is 13.7. The van der Waals surface area contributed by atoms with Crippen LogP contribution < -0.4 is 0 Å². The molecular formula is C28H29BrN2O4. The summed E-state index contributed by atoms with van der Waals surface area (Å²) < 4.78 is 6.38. The number of aliphatic hydroxyl groups is 1. The van der Waals surface area contributed by atoms with Gasteiger partial charge in [-0.05, 0) is 60.0 Å². The first kappa shape index (κ1) is 25.1. The van der Waals surface area contributed by atoms with Crippen LogP contribution in [0.3, 0.4) is 0 Å². The van der Waals surface area contributed by atoms with E-state index in [0.29, 0.717) is 15.7 Å². The summed E-state index contributed by atoms with van der Waals surface area (Å²) in [6.45, 7) is 5.53. The highest BCUT2D eigenvalue weighted by Gasteiger charge is 2.51. The van der Waals surface area contributed by atoms with Crippen LogP contribution in [0.5, 0.6) is 0 Å². The Morgan fingerprint density at radius 1 is 0.943 bits per heavy atom. The van der Waals surface area contributed by atoms with Gasteiger partial charge in [0.2, 0.25) is 0 Å². The summed E-state index contributed by atoms with van der Waals surface area (Å²) in [7, 11) is 0. The summed E-state index contributed by atoms with van der Waals surface area (Å²) in [6, 6.07) is 23.0. The SMILES string of the molecule is CC(C)(C)C(=O)O[C@@H]1C[C@@H](C(O)(c2ccccc2)c2ccccc2)N(C(=O)c2cccc(Br)n2)C1. The van der Waals surface area contributed by atoms with Crippen molar-refractivity contribution >= 4 is 27.8 Å². The van der Waals surface area contributed by atoms with Crippen LogP contribution in [-0.2, 0) is 15.1 Å². The average molecular weight is 537 g/mol. The maximum absolute atomic E-state index is 13.7. The van der Waals surface area contributed by atoms with Crippen LogP contribution in [0.2, 0.25) is 0 Å². The van der Waals surface area contributed by atoms with Crippen LogP contribution >= 0.6 is 15.9 Å². The molecule has 1 aromatic heterocycles. The fourth-order valence-electron chi connectivity index (χ4n) is 4.44. The molecule has 7 heteroatoms. The molecule has 0 unspecified atom stereocenters. The van der Waals surface area contributed by atoms with Crippen LogP contribution in [0.4, 0.5) is 0 Å². The third-order valence-corrected chi connectivity index (χ3v) is 6.70. The highest BCUT2D eigenvalue weighted by Crippen LogP contribution is 2.41. The number of aromatic nitrogens is 1. The number of carbonyl (C=O) groups is 2. The molecule has 4 rings (SSSR count). The molecular weight excluding hydrogens is 508 g/mol. The molecule has 2 atom stereocenters. The van der Waals surface area contributed by atoms with E-state index in [1.807, 2.05) is 60.7 Å². The lowest BCUT2D eigenvalue weighted by Crippen LogP contribution is -2.50. The van der Waals surface area contributed by atoms with E-state index in [4.69, 9.17) is 4.74 Å². The van der Waals surface area contributed by atoms with Gasteiger partial charge in [0.15, 0.2) is 0 Å².